The van der Waals surface area contributed by atoms with Gasteiger partial charge < -0.3 is 8.83 Å². The molecule has 0 atom stereocenters. The van der Waals surface area contributed by atoms with Crippen LogP contribution in [-0.4, -0.2) is 24.1 Å². The molecule has 8 heteroatoms. The number of nitriles is 1. The van der Waals surface area contributed by atoms with E-state index in [0.29, 0.717) is 28.4 Å². The van der Waals surface area contributed by atoms with Crippen molar-refractivity contribution < 1.29 is 8.83 Å². The van der Waals surface area contributed by atoms with Crippen LogP contribution in [-0.2, 0) is 0 Å². The monoisotopic (exact) mass is 744 g/mol. The molecule has 0 amide bonds. The number of rotatable bonds is 5. The first-order valence-corrected chi connectivity index (χ1v) is 19.0. The number of hydrogen-bond acceptors (Lipinski definition) is 6. The molecular weight excluding hydrogens is 717 g/mol. The zero-order valence-electron chi connectivity index (χ0n) is 30.7. The van der Waals surface area contributed by atoms with Crippen LogP contribution < -0.4 is 0 Å². The Kier molecular flexibility index (Phi) is 6.82. The van der Waals surface area contributed by atoms with Gasteiger partial charge in [-0.3, -0.25) is 24.1 Å². The van der Waals surface area contributed by atoms with Crippen LogP contribution in [0.2, 0.25) is 0 Å². The molecule has 8 nitrogen and oxygen atoms in total. The summed E-state index contributed by atoms with van der Waals surface area (Å²) in [6.07, 6.45) is 10.9. The van der Waals surface area contributed by atoms with Crippen LogP contribution in [0.5, 0.6) is 0 Å². The molecular formula is C50H28N6O2. The average Bonchev–Trinajstić information content (AvgIpc) is 4.03. The highest BCUT2D eigenvalue weighted by molar-refractivity contribution is 6.22. The third-order valence-electron chi connectivity index (χ3n) is 11.2. The molecule has 0 N–H and O–H groups in total. The number of pyridine rings is 3. The quantitative estimate of drug-likeness (QED) is 0.174. The van der Waals surface area contributed by atoms with E-state index in [1.54, 1.807) is 18.6 Å². The maximum atomic E-state index is 12.0. The SMILES string of the molecule is N#Cc1c(-n2c3ccccc3c3c4ccccc4oc32)c(-c2cccnc2)c(-c2cccnc2)c(-c2cccnc2)c1-n1c2ccccc2c2c3ccccc3oc21. The van der Waals surface area contributed by atoms with Crippen molar-refractivity contribution in [2.75, 3.05) is 0 Å². The molecule has 0 saturated carbocycles. The molecule has 0 aliphatic carbocycles. The summed E-state index contributed by atoms with van der Waals surface area (Å²) in [5, 5.41) is 17.9. The first-order chi connectivity index (χ1) is 28.8. The highest BCUT2D eigenvalue weighted by atomic mass is 16.3. The Bertz CT molecular complexity index is 3420. The van der Waals surface area contributed by atoms with Crippen molar-refractivity contribution in [2.45, 2.75) is 0 Å². The minimum absolute atomic E-state index is 0.413. The van der Waals surface area contributed by atoms with E-state index in [4.69, 9.17) is 8.83 Å². The van der Waals surface area contributed by atoms with Crippen molar-refractivity contribution in [1.82, 2.24) is 24.1 Å². The van der Waals surface area contributed by atoms with Crippen LogP contribution in [0.15, 0.2) is 179 Å². The molecule has 0 bridgehead atoms. The third-order valence-corrected chi connectivity index (χ3v) is 11.2. The minimum Gasteiger partial charge on any atom is -0.439 e. The molecule has 12 aromatic rings. The topological polar surface area (TPSA) is 98.6 Å². The lowest BCUT2D eigenvalue weighted by molar-refractivity contribution is 0.644. The first-order valence-electron chi connectivity index (χ1n) is 19.0. The zero-order valence-corrected chi connectivity index (χ0v) is 30.7. The van der Waals surface area contributed by atoms with Crippen molar-refractivity contribution >= 4 is 65.9 Å². The van der Waals surface area contributed by atoms with Gasteiger partial charge in [0.05, 0.1) is 33.2 Å². The van der Waals surface area contributed by atoms with Gasteiger partial charge in [0.15, 0.2) is 0 Å². The van der Waals surface area contributed by atoms with Crippen molar-refractivity contribution in [1.29, 1.82) is 5.26 Å². The van der Waals surface area contributed by atoms with Gasteiger partial charge in [-0.25, -0.2) is 0 Å². The highest BCUT2D eigenvalue weighted by Crippen LogP contribution is 2.53. The molecule has 7 heterocycles. The number of aromatic nitrogens is 5. The molecule has 0 aliphatic rings. The van der Waals surface area contributed by atoms with Crippen molar-refractivity contribution in [3.63, 3.8) is 0 Å². The summed E-state index contributed by atoms with van der Waals surface area (Å²) in [5.74, 6) is 0. The maximum Gasteiger partial charge on any atom is 0.213 e. The summed E-state index contributed by atoms with van der Waals surface area (Å²) in [6, 6.07) is 47.5. The van der Waals surface area contributed by atoms with Crippen LogP contribution >= 0.6 is 0 Å². The second-order valence-electron chi connectivity index (χ2n) is 14.3. The third kappa shape index (κ3) is 4.41. The molecule has 12 rings (SSSR count). The van der Waals surface area contributed by atoms with Gasteiger partial charge in [-0.05, 0) is 42.5 Å². The van der Waals surface area contributed by atoms with Gasteiger partial charge in [0, 0.05) is 92.1 Å². The molecule has 0 radical (unpaired) electrons. The Balaban J connectivity index is 1.41. The average molecular weight is 745 g/mol. The van der Waals surface area contributed by atoms with E-state index in [1.165, 1.54) is 0 Å². The predicted octanol–water partition coefficient (Wildman–Crippen LogP) is 12.4. The van der Waals surface area contributed by atoms with E-state index in [1.807, 2.05) is 110 Å². The lowest BCUT2D eigenvalue weighted by Crippen LogP contribution is -2.11. The van der Waals surface area contributed by atoms with E-state index in [2.05, 4.69) is 72.6 Å². The summed E-state index contributed by atoms with van der Waals surface area (Å²) >= 11 is 0. The van der Waals surface area contributed by atoms with Crippen LogP contribution in [0.3, 0.4) is 0 Å². The maximum absolute atomic E-state index is 12.0. The molecule has 58 heavy (non-hydrogen) atoms. The largest absolute Gasteiger partial charge is 0.439 e. The predicted molar refractivity (Wildman–Crippen MR) is 229 cm³/mol. The summed E-state index contributed by atoms with van der Waals surface area (Å²) in [6.45, 7) is 0. The van der Waals surface area contributed by atoms with Crippen molar-refractivity contribution in [3.05, 3.63) is 176 Å². The van der Waals surface area contributed by atoms with Gasteiger partial charge in [0.1, 0.15) is 22.8 Å². The first kappa shape index (κ1) is 32.0. The number of hydrogen-bond donors (Lipinski definition) is 0. The van der Waals surface area contributed by atoms with E-state index in [0.717, 1.165) is 87.9 Å². The molecule has 270 valence electrons. The van der Waals surface area contributed by atoms with Gasteiger partial charge >= 0.3 is 0 Å². The van der Waals surface area contributed by atoms with Gasteiger partial charge in [0.25, 0.3) is 0 Å². The molecule has 5 aromatic carbocycles. The Morgan fingerprint density at radius 1 is 0.431 bits per heavy atom. The normalized spacial score (nSPS) is 11.8. The summed E-state index contributed by atoms with van der Waals surface area (Å²) in [4.78, 5) is 14.0. The van der Waals surface area contributed by atoms with E-state index < -0.39 is 0 Å². The fourth-order valence-corrected chi connectivity index (χ4v) is 8.98. The van der Waals surface area contributed by atoms with Crippen LogP contribution in [0.25, 0.3) is 111 Å². The molecule has 0 spiro atoms. The highest BCUT2D eigenvalue weighted by Gasteiger charge is 2.34. The fourth-order valence-electron chi connectivity index (χ4n) is 8.98. The summed E-state index contributed by atoms with van der Waals surface area (Å²) in [7, 11) is 0. The fraction of sp³-hybridized carbons (Fsp3) is 0. The number of fused-ring (bicyclic) bond motifs is 10. The molecule has 0 unspecified atom stereocenters. The minimum atomic E-state index is 0.413. The van der Waals surface area contributed by atoms with E-state index >= 15 is 0 Å². The number of nitrogens with zero attached hydrogens (tertiary/aromatic N) is 6. The standard InChI is InChI=1S/C50H28N6O2/c51-26-37-47(55-38-19-5-1-15-33(38)45-35-17-3-7-21-40(35)57-49(45)55)43(31-13-10-24-53-28-31)42(30-12-9-23-52-27-30)44(32-14-11-25-54-29-32)48(37)56-39-20-6-2-16-34(39)46-36-18-4-8-22-41(36)58-50(46)56/h1-25,27-29H. The Morgan fingerprint density at radius 3 is 1.24 bits per heavy atom. The second kappa shape index (κ2) is 12.4. The smallest absolute Gasteiger partial charge is 0.213 e. The van der Waals surface area contributed by atoms with E-state index in [-0.39, 0.29) is 0 Å². The number of benzene rings is 5. The van der Waals surface area contributed by atoms with Gasteiger partial charge in [0.2, 0.25) is 11.4 Å². The molecule has 7 aromatic heterocycles. The van der Waals surface area contributed by atoms with Gasteiger partial charge in [-0.2, -0.15) is 5.26 Å². The lowest BCUT2D eigenvalue weighted by atomic mass is 9.83. The summed E-state index contributed by atoms with van der Waals surface area (Å²) in [5.41, 5.74) is 11.2. The van der Waals surface area contributed by atoms with E-state index in [9.17, 15) is 5.26 Å². The second-order valence-corrected chi connectivity index (χ2v) is 14.3. The number of para-hydroxylation sites is 4. The Hall–Kier alpha value is -8.28. The van der Waals surface area contributed by atoms with Crippen molar-refractivity contribution in [2.24, 2.45) is 0 Å². The van der Waals surface area contributed by atoms with Crippen LogP contribution in [0.1, 0.15) is 5.56 Å². The Morgan fingerprint density at radius 2 is 0.828 bits per heavy atom. The van der Waals surface area contributed by atoms with Crippen LogP contribution in [0.4, 0.5) is 0 Å². The number of furan rings is 2. The summed E-state index contributed by atoms with van der Waals surface area (Å²) < 4.78 is 18.0. The lowest BCUT2D eigenvalue weighted by Gasteiger charge is -2.26. The van der Waals surface area contributed by atoms with Crippen molar-refractivity contribution in [3.8, 4) is 50.8 Å². The van der Waals surface area contributed by atoms with Gasteiger partial charge in [-0.1, -0.05) is 91.0 Å². The molecule has 0 saturated heterocycles. The molecule has 0 fully saturated rings. The Labute approximate surface area is 330 Å². The van der Waals surface area contributed by atoms with Gasteiger partial charge in [-0.15, -0.1) is 0 Å². The van der Waals surface area contributed by atoms with Crippen LogP contribution in [0, 0.1) is 11.3 Å². The molecule has 0 aliphatic heterocycles. The zero-order chi connectivity index (χ0) is 38.3.